The Balaban J connectivity index is 2.25. The van der Waals surface area contributed by atoms with Crippen LogP contribution in [-0.4, -0.2) is 39.5 Å². The predicted molar refractivity (Wildman–Crippen MR) is 91.2 cm³/mol. The van der Waals surface area contributed by atoms with E-state index in [2.05, 4.69) is 5.32 Å². The highest BCUT2D eigenvalue weighted by molar-refractivity contribution is 7.99. The number of nitrogens with zero attached hydrogens (tertiary/aromatic N) is 1. The molecule has 0 aliphatic rings. The highest BCUT2D eigenvalue weighted by Gasteiger charge is 2.16. The number of nitro groups is 1. The number of amides is 1. The number of carbonyl (C=O) groups excluding carboxylic acids is 1. The van der Waals surface area contributed by atoms with Crippen LogP contribution in [0, 0.1) is 21.7 Å². The first-order valence-electron chi connectivity index (χ1n) is 7.27. The largest absolute Gasteiger partial charge is 0.394 e. The minimum Gasteiger partial charge on any atom is -0.394 e. The third kappa shape index (κ3) is 5.22. The van der Waals surface area contributed by atoms with E-state index < -0.39 is 40.7 Å². The van der Waals surface area contributed by atoms with Crippen molar-refractivity contribution in [3.63, 3.8) is 0 Å². The molecule has 138 valence electrons. The Kier molecular flexibility index (Phi) is 6.61. The van der Waals surface area contributed by atoms with Gasteiger partial charge in [0.05, 0.1) is 23.2 Å². The molecule has 0 aromatic heterocycles. The maximum atomic E-state index is 13.7. The maximum Gasteiger partial charge on any atom is 0.272 e. The molecule has 2 aromatic rings. The molecule has 0 radical (unpaired) electrons. The average molecular weight is 384 g/mol. The summed E-state index contributed by atoms with van der Waals surface area (Å²) in [5, 5.41) is 31.5. The molecule has 2 aromatic carbocycles. The summed E-state index contributed by atoms with van der Waals surface area (Å²) in [6.07, 6.45) is -1.01. The molecule has 10 heteroatoms. The number of anilines is 1. The Hall–Kier alpha value is -2.56. The highest BCUT2D eigenvalue weighted by Crippen LogP contribution is 2.29. The lowest BCUT2D eigenvalue weighted by Crippen LogP contribution is -2.15. The van der Waals surface area contributed by atoms with Crippen LogP contribution in [0.4, 0.5) is 20.2 Å². The standard InChI is InChI=1S/C16H14F2N2O5S/c17-9-1-2-14(15(18)3-9)16(23)19-10-4-11(20(24)25)6-13(5-10)26-8-12(22)7-21/h1-6,12,21-22H,7-8H2,(H,19,23)/t12-/m1/s1. The Morgan fingerprint density at radius 3 is 2.62 bits per heavy atom. The van der Waals surface area contributed by atoms with E-state index in [1.54, 1.807) is 0 Å². The summed E-state index contributed by atoms with van der Waals surface area (Å²) in [5.74, 6) is -2.71. The van der Waals surface area contributed by atoms with Crippen LogP contribution in [0.2, 0.25) is 0 Å². The summed E-state index contributed by atoms with van der Waals surface area (Å²) in [5.41, 5.74) is -0.694. The molecule has 0 bridgehead atoms. The smallest absolute Gasteiger partial charge is 0.272 e. The van der Waals surface area contributed by atoms with Gasteiger partial charge in [0.2, 0.25) is 0 Å². The van der Waals surface area contributed by atoms with Crippen molar-refractivity contribution in [2.24, 2.45) is 0 Å². The number of rotatable bonds is 7. The van der Waals surface area contributed by atoms with Gasteiger partial charge in [0.1, 0.15) is 11.6 Å². The summed E-state index contributed by atoms with van der Waals surface area (Å²) >= 11 is 1.04. The summed E-state index contributed by atoms with van der Waals surface area (Å²) < 4.78 is 26.6. The van der Waals surface area contributed by atoms with Gasteiger partial charge in [0.25, 0.3) is 11.6 Å². The number of non-ortho nitro benzene ring substituents is 1. The number of thioether (sulfide) groups is 1. The molecule has 3 N–H and O–H groups in total. The van der Waals surface area contributed by atoms with Crippen molar-refractivity contribution in [2.45, 2.75) is 11.0 Å². The van der Waals surface area contributed by atoms with Crippen molar-refractivity contribution in [1.29, 1.82) is 0 Å². The van der Waals surface area contributed by atoms with E-state index in [1.807, 2.05) is 0 Å². The normalized spacial score (nSPS) is 11.8. The molecule has 0 spiro atoms. The Labute approximate surface area is 150 Å². The second-order valence-corrected chi connectivity index (χ2v) is 6.29. The number of hydrogen-bond donors (Lipinski definition) is 3. The third-order valence-electron chi connectivity index (χ3n) is 3.19. The first-order valence-corrected chi connectivity index (χ1v) is 8.26. The molecule has 0 aliphatic heterocycles. The lowest BCUT2D eigenvalue weighted by atomic mass is 10.2. The number of hydrogen-bond acceptors (Lipinski definition) is 6. The van der Waals surface area contributed by atoms with Crippen molar-refractivity contribution < 1.29 is 28.7 Å². The van der Waals surface area contributed by atoms with Crippen LogP contribution in [0.3, 0.4) is 0 Å². The van der Waals surface area contributed by atoms with Gasteiger partial charge in [-0.15, -0.1) is 11.8 Å². The molecule has 0 heterocycles. The zero-order valence-electron chi connectivity index (χ0n) is 13.2. The van der Waals surface area contributed by atoms with Crippen molar-refractivity contribution in [1.82, 2.24) is 0 Å². The van der Waals surface area contributed by atoms with E-state index in [-0.39, 0.29) is 17.1 Å². The Morgan fingerprint density at radius 2 is 2.00 bits per heavy atom. The summed E-state index contributed by atoms with van der Waals surface area (Å²) in [4.78, 5) is 22.9. The van der Waals surface area contributed by atoms with Crippen molar-refractivity contribution >= 4 is 29.0 Å². The Bertz CT molecular complexity index is 834. The average Bonchev–Trinajstić information content (AvgIpc) is 2.59. The van der Waals surface area contributed by atoms with Crippen molar-refractivity contribution in [2.75, 3.05) is 17.7 Å². The molecule has 26 heavy (non-hydrogen) atoms. The van der Waals surface area contributed by atoms with Gasteiger partial charge in [-0.25, -0.2) is 8.78 Å². The fraction of sp³-hybridized carbons (Fsp3) is 0.188. The predicted octanol–water partition coefficient (Wildman–Crippen LogP) is 2.57. The lowest BCUT2D eigenvalue weighted by molar-refractivity contribution is -0.385. The second-order valence-electron chi connectivity index (χ2n) is 5.20. The lowest BCUT2D eigenvalue weighted by Gasteiger charge is -2.10. The fourth-order valence-corrected chi connectivity index (χ4v) is 2.87. The van der Waals surface area contributed by atoms with Gasteiger partial charge in [0, 0.05) is 34.5 Å². The van der Waals surface area contributed by atoms with Gasteiger partial charge >= 0.3 is 0 Å². The van der Waals surface area contributed by atoms with Crippen LogP contribution in [0.5, 0.6) is 0 Å². The zero-order chi connectivity index (χ0) is 19.3. The molecule has 0 fully saturated rings. The minimum atomic E-state index is -1.06. The topological polar surface area (TPSA) is 113 Å². The molecule has 0 saturated carbocycles. The Morgan fingerprint density at radius 1 is 1.27 bits per heavy atom. The van der Waals surface area contributed by atoms with E-state index >= 15 is 0 Å². The summed E-state index contributed by atoms with van der Waals surface area (Å²) in [6, 6.07) is 6.17. The van der Waals surface area contributed by atoms with Crippen LogP contribution in [0.15, 0.2) is 41.3 Å². The number of aliphatic hydroxyl groups is 2. The van der Waals surface area contributed by atoms with Gasteiger partial charge in [-0.05, 0) is 18.2 Å². The molecular formula is C16H14F2N2O5S. The van der Waals surface area contributed by atoms with E-state index in [4.69, 9.17) is 5.11 Å². The van der Waals surface area contributed by atoms with Gasteiger partial charge < -0.3 is 15.5 Å². The fourth-order valence-electron chi connectivity index (χ4n) is 1.96. The SMILES string of the molecule is O=C(Nc1cc(SC[C@H](O)CO)cc([N+](=O)[O-])c1)c1ccc(F)cc1F. The molecule has 2 rings (SSSR count). The van der Waals surface area contributed by atoms with Gasteiger partial charge in [-0.2, -0.15) is 0 Å². The summed E-state index contributed by atoms with van der Waals surface area (Å²) in [6.45, 7) is -0.463. The number of carbonyl (C=O) groups is 1. The quantitative estimate of drug-likeness (QED) is 0.384. The molecule has 7 nitrogen and oxygen atoms in total. The number of nitrogens with one attached hydrogen (secondary N) is 1. The van der Waals surface area contributed by atoms with Crippen LogP contribution in [0.25, 0.3) is 0 Å². The van der Waals surface area contributed by atoms with Crippen LogP contribution in [-0.2, 0) is 0 Å². The van der Waals surface area contributed by atoms with E-state index in [0.717, 1.165) is 30.0 Å². The second kappa shape index (κ2) is 8.70. The number of aliphatic hydroxyl groups excluding tert-OH is 2. The number of halogens is 2. The van der Waals surface area contributed by atoms with E-state index in [0.29, 0.717) is 11.0 Å². The van der Waals surface area contributed by atoms with Gasteiger partial charge in [0.15, 0.2) is 0 Å². The zero-order valence-corrected chi connectivity index (χ0v) is 14.0. The first kappa shape index (κ1) is 19.8. The van der Waals surface area contributed by atoms with Crippen molar-refractivity contribution in [3.8, 4) is 0 Å². The van der Waals surface area contributed by atoms with E-state index in [9.17, 15) is 28.8 Å². The molecular weight excluding hydrogens is 370 g/mol. The molecule has 1 amide bonds. The molecule has 0 unspecified atom stereocenters. The monoisotopic (exact) mass is 384 g/mol. The van der Waals surface area contributed by atoms with Gasteiger partial charge in [-0.3, -0.25) is 14.9 Å². The maximum absolute atomic E-state index is 13.7. The highest BCUT2D eigenvalue weighted by atomic mass is 32.2. The van der Waals surface area contributed by atoms with Crippen molar-refractivity contribution in [3.05, 3.63) is 63.7 Å². The van der Waals surface area contributed by atoms with Crippen LogP contribution < -0.4 is 5.32 Å². The third-order valence-corrected chi connectivity index (χ3v) is 4.31. The minimum absolute atomic E-state index is 0.0360. The van der Waals surface area contributed by atoms with Crippen LogP contribution in [0.1, 0.15) is 10.4 Å². The van der Waals surface area contributed by atoms with Crippen LogP contribution >= 0.6 is 11.8 Å². The van der Waals surface area contributed by atoms with E-state index in [1.165, 1.54) is 12.1 Å². The molecule has 1 atom stereocenters. The molecule has 0 aliphatic carbocycles. The summed E-state index contributed by atoms with van der Waals surface area (Å²) in [7, 11) is 0. The molecule has 0 saturated heterocycles. The number of nitro benzene ring substituents is 1. The first-order chi connectivity index (χ1) is 12.3. The van der Waals surface area contributed by atoms with Gasteiger partial charge in [-0.1, -0.05) is 0 Å². The number of benzene rings is 2.